The third-order valence-electron chi connectivity index (χ3n) is 2.62. The van der Waals surface area contributed by atoms with Gasteiger partial charge in [-0.05, 0) is 39.1 Å². The molecule has 1 amide bonds. The van der Waals surface area contributed by atoms with Gasteiger partial charge < -0.3 is 15.4 Å². The number of ether oxygens (including phenoxy) is 1. The van der Waals surface area contributed by atoms with Gasteiger partial charge in [0, 0.05) is 12.5 Å². The number of benzene rings is 1. The smallest absolute Gasteiger partial charge is 0.220 e. The minimum absolute atomic E-state index is 0.0253. The summed E-state index contributed by atoms with van der Waals surface area (Å²) in [6.45, 7) is 2.66. The van der Waals surface area contributed by atoms with E-state index in [1.807, 2.05) is 7.05 Å². The summed E-state index contributed by atoms with van der Waals surface area (Å²) in [7, 11) is 1.83. The maximum absolute atomic E-state index is 13.3. The van der Waals surface area contributed by atoms with Gasteiger partial charge in [0.15, 0.2) is 11.6 Å². The van der Waals surface area contributed by atoms with Crippen LogP contribution in [0.5, 0.6) is 5.75 Å². The highest BCUT2D eigenvalue weighted by molar-refractivity contribution is 5.76. The monoisotopic (exact) mass is 286 g/mol. The van der Waals surface area contributed by atoms with Crippen molar-refractivity contribution in [3.05, 3.63) is 29.8 Å². The Balaban J connectivity index is 2.32. The Bertz CT molecular complexity index is 441. The number of nitrogens with one attached hydrogen (secondary N) is 2. The normalized spacial score (nSPS) is 12.0. The fourth-order valence-corrected chi connectivity index (χ4v) is 1.62. The highest BCUT2D eigenvalue weighted by atomic mass is 19.1. The molecule has 1 rings (SSSR count). The van der Waals surface area contributed by atoms with Crippen molar-refractivity contribution < 1.29 is 18.3 Å². The quantitative estimate of drug-likeness (QED) is 0.717. The van der Waals surface area contributed by atoms with Crippen LogP contribution in [0.1, 0.15) is 19.8 Å². The molecule has 0 aliphatic rings. The number of rotatable bonds is 8. The highest BCUT2D eigenvalue weighted by Gasteiger charge is 2.10. The lowest BCUT2D eigenvalue weighted by molar-refractivity contribution is -0.121. The minimum Gasteiger partial charge on any atom is -0.488 e. The largest absolute Gasteiger partial charge is 0.488 e. The van der Waals surface area contributed by atoms with Crippen LogP contribution in [0, 0.1) is 11.6 Å². The third kappa shape index (κ3) is 5.97. The van der Waals surface area contributed by atoms with E-state index in [-0.39, 0.29) is 24.3 Å². The van der Waals surface area contributed by atoms with Gasteiger partial charge in [-0.25, -0.2) is 8.78 Å². The fourth-order valence-electron chi connectivity index (χ4n) is 1.62. The average molecular weight is 286 g/mol. The summed E-state index contributed by atoms with van der Waals surface area (Å²) in [4.78, 5) is 11.5. The van der Waals surface area contributed by atoms with E-state index in [0.717, 1.165) is 25.1 Å². The molecule has 0 saturated heterocycles. The number of hydrogen-bond acceptors (Lipinski definition) is 3. The number of amides is 1. The summed E-state index contributed by atoms with van der Waals surface area (Å²) in [5, 5.41) is 5.71. The molecule has 0 aliphatic carbocycles. The molecule has 1 unspecified atom stereocenters. The average Bonchev–Trinajstić information content (AvgIpc) is 2.38. The zero-order valence-corrected chi connectivity index (χ0v) is 11.7. The lowest BCUT2D eigenvalue weighted by Gasteiger charge is -2.15. The van der Waals surface area contributed by atoms with Gasteiger partial charge in [0.2, 0.25) is 5.91 Å². The highest BCUT2D eigenvalue weighted by Crippen LogP contribution is 2.17. The van der Waals surface area contributed by atoms with Crippen LogP contribution in [0.2, 0.25) is 0 Å². The predicted octanol–water partition coefficient (Wildman–Crippen LogP) is 1.85. The van der Waals surface area contributed by atoms with Crippen LogP contribution in [0.25, 0.3) is 0 Å². The summed E-state index contributed by atoms with van der Waals surface area (Å²) in [5.41, 5.74) is 0. The van der Waals surface area contributed by atoms with Crippen molar-refractivity contribution in [2.45, 2.75) is 25.8 Å². The summed E-state index contributed by atoms with van der Waals surface area (Å²) < 4.78 is 31.2. The maximum atomic E-state index is 13.3. The van der Waals surface area contributed by atoms with Crippen LogP contribution >= 0.6 is 0 Å². The van der Waals surface area contributed by atoms with Gasteiger partial charge in [0.1, 0.15) is 12.4 Å². The number of hydrogen-bond donors (Lipinski definition) is 2. The molecule has 0 radical (unpaired) electrons. The summed E-state index contributed by atoms with van der Waals surface area (Å²) >= 11 is 0. The Morgan fingerprint density at radius 1 is 1.40 bits per heavy atom. The van der Waals surface area contributed by atoms with Crippen molar-refractivity contribution in [2.75, 3.05) is 20.2 Å². The molecule has 6 heteroatoms. The van der Waals surface area contributed by atoms with E-state index in [1.54, 1.807) is 6.92 Å². The topological polar surface area (TPSA) is 50.4 Å². The molecule has 0 aromatic heterocycles. The number of carbonyl (C=O) groups excluding carboxylic acids is 1. The van der Waals surface area contributed by atoms with Crippen molar-refractivity contribution in [3.63, 3.8) is 0 Å². The maximum Gasteiger partial charge on any atom is 0.220 e. The first-order valence-corrected chi connectivity index (χ1v) is 6.54. The molecule has 112 valence electrons. The number of carbonyl (C=O) groups is 1. The van der Waals surface area contributed by atoms with Crippen molar-refractivity contribution >= 4 is 5.91 Å². The van der Waals surface area contributed by atoms with Gasteiger partial charge >= 0.3 is 0 Å². The first-order chi connectivity index (χ1) is 9.52. The van der Waals surface area contributed by atoms with E-state index in [0.29, 0.717) is 6.42 Å². The molecule has 0 fully saturated rings. The lowest BCUT2D eigenvalue weighted by atomic mass is 10.2. The molecule has 0 saturated carbocycles. The van der Waals surface area contributed by atoms with E-state index < -0.39 is 11.6 Å². The molecule has 0 spiro atoms. The van der Waals surface area contributed by atoms with E-state index >= 15 is 0 Å². The van der Waals surface area contributed by atoms with E-state index in [2.05, 4.69) is 10.6 Å². The van der Waals surface area contributed by atoms with E-state index in [1.165, 1.54) is 6.07 Å². The second-order valence-corrected chi connectivity index (χ2v) is 4.56. The van der Waals surface area contributed by atoms with Crippen LogP contribution < -0.4 is 15.4 Å². The molecule has 0 bridgehead atoms. The molecule has 1 atom stereocenters. The fraction of sp³-hybridized carbons (Fsp3) is 0.500. The molecule has 0 aliphatic heterocycles. The minimum atomic E-state index is -0.752. The Labute approximate surface area is 117 Å². The lowest BCUT2D eigenvalue weighted by Crippen LogP contribution is -2.37. The zero-order valence-electron chi connectivity index (χ0n) is 11.7. The SMILES string of the molecule is CNCCCC(=O)NC(C)COc1ccc(F)cc1F. The van der Waals surface area contributed by atoms with E-state index in [4.69, 9.17) is 4.74 Å². The van der Waals surface area contributed by atoms with Crippen LogP contribution in [0.4, 0.5) is 8.78 Å². The standard InChI is InChI=1S/C14H20F2N2O2/c1-10(18-14(19)4-3-7-17-2)9-20-13-6-5-11(15)8-12(13)16/h5-6,8,10,17H,3-4,7,9H2,1-2H3,(H,18,19). The van der Waals surface area contributed by atoms with Crippen LogP contribution in [-0.4, -0.2) is 32.1 Å². The first-order valence-electron chi connectivity index (χ1n) is 6.54. The first kappa shape index (κ1) is 16.4. The molecule has 2 N–H and O–H groups in total. The van der Waals surface area contributed by atoms with Gasteiger partial charge in [-0.1, -0.05) is 0 Å². The van der Waals surface area contributed by atoms with Crippen molar-refractivity contribution in [2.24, 2.45) is 0 Å². The third-order valence-corrected chi connectivity index (χ3v) is 2.62. The van der Waals surface area contributed by atoms with Crippen LogP contribution in [0.3, 0.4) is 0 Å². The molecule has 1 aromatic carbocycles. The number of halogens is 2. The summed E-state index contributed by atoms with van der Waals surface area (Å²) in [6.07, 6.45) is 1.18. The Kier molecular flexibility index (Phi) is 6.93. The Morgan fingerprint density at radius 2 is 2.15 bits per heavy atom. The second kappa shape index (κ2) is 8.47. The van der Waals surface area contributed by atoms with Crippen molar-refractivity contribution in [3.8, 4) is 5.75 Å². The Morgan fingerprint density at radius 3 is 2.80 bits per heavy atom. The van der Waals surface area contributed by atoms with E-state index in [9.17, 15) is 13.6 Å². The van der Waals surface area contributed by atoms with Gasteiger partial charge in [-0.2, -0.15) is 0 Å². The Hall–Kier alpha value is -1.69. The summed E-state index contributed by atoms with van der Waals surface area (Å²) in [6, 6.07) is 2.86. The predicted molar refractivity (Wildman–Crippen MR) is 72.6 cm³/mol. The molecule has 1 aromatic rings. The van der Waals surface area contributed by atoms with Gasteiger partial charge in [-0.3, -0.25) is 4.79 Å². The van der Waals surface area contributed by atoms with Gasteiger partial charge in [0.25, 0.3) is 0 Å². The molecule has 0 heterocycles. The second-order valence-electron chi connectivity index (χ2n) is 4.56. The zero-order chi connectivity index (χ0) is 15.0. The van der Waals surface area contributed by atoms with Crippen molar-refractivity contribution in [1.82, 2.24) is 10.6 Å². The molecular formula is C14H20F2N2O2. The molecular weight excluding hydrogens is 266 g/mol. The molecule has 4 nitrogen and oxygen atoms in total. The van der Waals surface area contributed by atoms with Gasteiger partial charge in [-0.15, -0.1) is 0 Å². The molecule has 20 heavy (non-hydrogen) atoms. The van der Waals surface area contributed by atoms with Gasteiger partial charge in [0.05, 0.1) is 6.04 Å². The summed E-state index contributed by atoms with van der Waals surface area (Å²) in [5.74, 6) is -1.50. The van der Waals surface area contributed by atoms with Crippen LogP contribution in [-0.2, 0) is 4.79 Å². The van der Waals surface area contributed by atoms with Crippen molar-refractivity contribution in [1.29, 1.82) is 0 Å². The van der Waals surface area contributed by atoms with Crippen LogP contribution in [0.15, 0.2) is 18.2 Å².